The van der Waals surface area contributed by atoms with Gasteiger partial charge in [-0.2, -0.15) is 0 Å². The molecule has 0 aliphatic heterocycles. The van der Waals surface area contributed by atoms with Crippen molar-refractivity contribution in [2.75, 3.05) is 0 Å². The zero-order chi connectivity index (χ0) is 19.1. The summed E-state index contributed by atoms with van der Waals surface area (Å²) >= 11 is 0. The third-order valence-corrected chi connectivity index (χ3v) is 3.59. The number of hydrogen-bond acceptors (Lipinski definition) is 1. The number of aromatic amines is 1. The van der Waals surface area contributed by atoms with E-state index in [1.165, 1.54) is 24.3 Å². The monoisotopic (exact) mass is 372 g/mol. The van der Waals surface area contributed by atoms with Gasteiger partial charge in [0.25, 0.3) is 0 Å². The van der Waals surface area contributed by atoms with E-state index in [9.17, 15) is 8.78 Å². The van der Waals surface area contributed by atoms with Gasteiger partial charge in [0.2, 0.25) is 0 Å². The van der Waals surface area contributed by atoms with E-state index < -0.39 is 0 Å². The molecule has 0 unspecified atom stereocenters. The average molecular weight is 372 g/mol. The van der Waals surface area contributed by atoms with Crippen LogP contribution < -0.4 is 0 Å². The van der Waals surface area contributed by atoms with E-state index in [0.29, 0.717) is 5.56 Å². The Bertz CT molecular complexity index is 1110. The second kappa shape index (κ2) is 9.71. The SMILES string of the molecule is C.C#Cc1ccc(F)cc1.Fc1ccc(C#Cc2cc3cccnc3[nH]2)cc1. The normalized spacial score (nSPS) is 9.18. The van der Waals surface area contributed by atoms with Gasteiger partial charge in [-0.1, -0.05) is 19.3 Å². The minimum absolute atomic E-state index is 0. The average Bonchev–Trinajstić information content (AvgIpc) is 3.12. The van der Waals surface area contributed by atoms with Crippen molar-refractivity contribution in [3.63, 3.8) is 0 Å². The van der Waals surface area contributed by atoms with E-state index >= 15 is 0 Å². The molecular weight excluding hydrogens is 354 g/mol. The van der Waals surface area contributed by atoms with Gasteiger partial charge >= 0.3 is 0 Å². The standard InChI is InChI=1S/C15H9FN2.C8H5F.CH4/c16-13-6-3-11(4-7-13)5-8-14-10-12-2-1-9-17-15(12)18-14;1-2-7-3-5-8(9)6-4-7;/h1-4,6-7,9-10H,(H,17,18);1,3-6H;1H4. The number of fused-ring (bicyclic) bond motifs is 1. The zero-order valence-electron chi connectivity index (χ0n) is 14.2. The lowest BCUT2D eigenvalue weighted by atomic mass is 10.2. The van der Waals surface area contributed by atoms with E-state index in [2.05, 4.69) is 27.7 Å². The first-order valence-electron chi connectivity index (χ1n) is 8.07. The maximum Gasteiger partial charge on any atom is 0.138 e. The van der Waals surface area contributed by atoms with Crippen molar-refractivity contribution < 1.29 is 8.78 Å². The number of H-pyrrole nitrogens is 1. The molecule has 2 aromatic carbocycles. The van der Waals surface area contributed by atoms with E-state index in [0.717, 1.165) is 22.3 Å². The maximum absolute atomic E-state index is 12.7. The molecule has 0 aliphatic rings. The van der Waals surface area contributed by atoms with Gasteiger partial charge in [0, 0.05) is 22.7 Å². The predicted molar refractivity (Wildman–Crippen MR) is 110 cm³/mol. The smallest absolute Gasteiger partial charge is 0.138 e. The van der Waals surface area contributed by atoms with Crippen molar-refractivity contribution >= 4 is 11.0 Å². The van der Waals surface area contributed by atoms with Crippen LogP contribution in [0.4, 0.5) is 8.78 Å². The highest BCUT2D eigenvalue weighted by molar-refractivity contribution is 5.77. The van der Waals surface area contributed by atoms with Crippen LogP contribution in [-0.2, 0) is 0 Å². The highest BCUT2D eigenvalue weighted by Gasteiger charge is 1.97. The summed E-state index contributed by atoms with van der Waals surface area (Å²) in [4.78, 5) is 7.31. The Morgan fingerprint density at radius 2 is 1.43 bits per heavy atom. The topological polar surface area (TPSA) is 28.7 Å². The highest BCUT2D eigenvalue weighted by Crippen LogP contribution is 2.11. The van der Waals surface area contributed by atoms with Crippen LogP contribution in [0.3, 0.4) is 0 Å². The predicted octanol–water partition coefficient (Wildman–Crippen LogP) is 5.54. The Labute approximate surface area is 163 Å². The molecule has 28 heavy (non-hydrogen) atoms. The summed E-state index contributed by atoms with van der Waals surface area (Å²) in [5.41, 5.74) is 3.10. The Kier molecular flexibility index (Phi) is 7.08. The number of nitrogens with one attached hydrogen (secondary N) is 1. The second-order valence-electron chi connectivity index (χ2n) is 5.53. The quantitative estimate of drug-likeness (QED) is 0.403. The van der Waals surface area contributed by atoms with Crippen LogP contribution in [0.5, 0.6) is 0 Å². The van der Waals surface area contributed by atoms with Gasteiger partial charge in [0.05, 0.1) is 5.69 Å². The van der Waals surface area contributed by atoms with Crippen molar-refractivity contribution in [3.05, 3.63) is 101 Å². The van der Waals surface area contributed by atoms with E-state index in [1.807, 2.05) is 18.2 Å². The third-order valence-electron chi connectivity index (χ3n) is 3.59. The number of benzene rings is 2. The number of pyridine rings is 1. The lowest BCUT2D eigenvalue weighted by molar-refractivity contribution is 0.627. The molecular formula is C24H18F2N2. The summed E-state index contributed by atoms with van der Waals surface area (Å²) in [6.45, 7) is 0. The summed E-state index contributed by atoms with van der Waals surface area (Å²) in [5, 5.41) is 1.03. The summed E-state index contributed by atoms with van der Waals surface area (Å²) in [6.07, 6.45) is 6.76. The molecule has 4 heteroatoms. The lowest BCUT2D eigenvalue weighted by Gasteiger charge is -1.88. The van der Waals surface area contributed by atoms with E-state index in [-0.39, 0.29) is 19.1 Å². The number of nitrogens with zero attached hydrogens (tertiary/aromatic N) is 1. The van der Waals surface area contributed by atoms with Gasteiger partial charge < -0.3 is 4.98 Å². The summed E-state index contributed by atoms with van der Waals surface area (Å²) in [5.74, 6) is 7.85. The van der Waals surface area contributed by atoms with E-state index in [1.54, 1.807) is 30.5 Å². The first-order valence-corrected chi connectivity index (χ1v) is 8.07. The van der Waals surface area contributed by atoms with E-state index in [4.69, 9.17) is 6.42 Å². The number of terminal acetylenes is 1. The number of rotatable bonds is 0. The Balaban J connectivity index is 0.000000239. The Hall–Kier alpha value is -3.89. The number of halogens is 2. The Morgan fingerprint density at radius 1 is 0.821 bits per heavy atom. The molecule has 0 fully saturated rings. The summed E-state index contributed by atoms with van der Waals surface area (Å²) in [6, 6.07) is 17.7. The molecule has 2 heterocycles. The van der Waals surface area contributed by atoms with Crippen LogP contribution in [-0.4, -0.2) is 9.97 Å². The lowest BCUT2D eigenvalue weighted by Crippen LogP contribution is -1.77. The number of aromatic nitrogens is 2. The van der Waals surface area contributed by atoms with Gasteiger partial charge in [0.1, 0.15) is 17.3 Å². The van der Waals surface area contributed by atoms with Crippen LogP contribution in [0.2, 0.25) is 0 Å². The minimum atomic E-state index is -0.256. The summed E-state index contributed by atoms with van der Waals surface area (Å²) in [7, 11) is 0. The molecule has 0 bridgehead atoms. The van der Waals surface area contributed by atoms with Crippen LogP contribution in [0, 0.1) is 35.8 Å². The largest absolute Gasteiger partial charge is 0.333 e. The fraction of sp³-hybridized carbons (Fsp3) is 0.0417. The Morgan fingerprint density at radius 3 is 2.00 bits per heavy atom. The van der Waals surface area contributed by atoms with Crippen molar-refractivity contribution in [1.29, 1.82) is 0 Å². The van der Waals surface area contributed by atoms with Gasteiger partial charge in [-0.3, -0.25) is 0 Å². The second-order valence-corrected chi connectivity index (χ2v) is 5.53. The number of hydrogen-bond donors (Lipinski definition) is 1. The van der Waals surface area contributed by atoms with Crippen molar-refractivity contribution in [2.45, 2.75) is 7.43 Å². The van der Waals surface area contributed by atoms with Crippen molar-refractivity contribution in [3.8, 4) is 24.2 Å². The van der Waals surface area contributed by atoms with Gasteiger partial charge in [0.15, 0.2) is 0 Å². The van der Waals surface area contributed by atoms with Crippen molar-refractivity contribution in [2.24, 2.45) is 0 Å². The molecule has 4 aromatic rings. The zero-order valence-corrected chi connectivity index (χ0v) is 14.2. The molecule has 2 aromatic heterocycles. The molecule has 4 rings (SSSR count). The third kappa shape index (κ3) is 5.56. The molecule has 1 N–H and O–H groups in total. The van der Waals surface area contributed by atoms with Crippen LogP contribution in [0.1, 0.15) is 24.2 Å². The van der Waals surface area contributed by atoms with Gasteiger partial charge in [-0.25, -0.2) is 13.8 Å². The molecule has 0 spiro atoms. The molecule has 138 valence electrons. The van der Waals surface area contributed by atoms with Crippen LogP contribution >= 0.6 is 0 Å². The highest BCUT2D eigenvalue weighted by atomic mass is 19.1. The molecule has 0 aliphatic carbocycles. The van der Waals surface area contributed by atoms with Gasteiger partial charge in [-0.05, 0) is 72.7 Å². The molecule has 0 radical (unpaired) electrons. The molecule has 2 nitrogen and oxygen atoms in total. The first kappa shape index (κ1) is 20.4. The summed E-state index contributed by atoms with van der Waals surface area (Å²) < 4.78 is 24.9. The molecule has 0 saturated heterocycles. The van der Waals surface area contributed by atoms with Crippen LogP contribution in [0.25, 0.3) is 11.0 Å². The first-order chi connectivity index (χ1) is 13.1. The van der Waals surface area contributed by atoms with Crippen molar-refractivity contribution in [1.82, 2.24) is 9.97 Å². The van der Waals surface area contributed by atoms with Crippen LogP contribution in [0.15, 0.2) is 72.9 Å². The van der Waals surface area contributed by atoms with Gasteiger partial charge in [-0.15, -0.1) is 6.42 Å². The molecule has 0 atom stereocenters. The fourth-order valence-corrected chi connectivity index (χ4v) is 2.24. The molecule has 0 saturated carbocycles. The maximum atomic E-state index is 12.7. The fourth-order valence-electron chi connectivity index (χ4n) is 2.24. The minimum Gasteiger partial charge on any atom is -0.333 e. The molecule has 0 amide bonds.